The maximum atomic E-state index is 12.1. The van der Waals surface area contributed by atoms with Crippen molar-refractivity contribution >= 4 is 11.7 Å². The van der Waals surface area contributed by atoms with E-state index in [0.29, 0.717) is 17.7 Å². The molecule has 124 valence electrons. The van der Waals surface area contributed by atoms with E-state index in [2.05, 4.69) is 27.0 Å². The lowest BCUT2D eigenvalue weighted by Crippen LogP contribution is -2.34. The number of benzene rings is 1. The van der Waals surface area contributed by atoms with Gasteiger partial charge in [0.15, 0.2) is 0 Å². The summed E-state index contributed by atoms with van der Waals surface area (Å²) in [7, 11) is 0. The molecule has 6 heteroatoms. The maximum absolute atomic E-state index is 12.1. The van der Waals surface area contributed by atoms with Crippen LogP contribution in [0.15, 0.2) is 47.5 Å². The highest BCUT2D eigenvalue weighted by Crippen LogP contribution is 2.45. The summed E-state index contributed by atoms with van der Waals surface area (Å²) < 4.78 is 0. The number of likely N-dealkylation sites (tertiary alicyclic amines) is 1. The lowest BCUT2D eigenvalue weighted by molar-refractivity contribution is -0.130. The normalized spacial score (nSPS) is 25.8. The lowest BCUT2D eigenvalue weighted by Gasteiger charge is -2.29. The van der Waals surface area contributed by atoms with Crippen molar-refractivity contribution in [2.75, 3.05) is 24.5 Å². The third-order valence-corrected chi connectivity index (χ3v) is 5.20. The Hall–Kier alpha value is -2.63. The minimum atomic E-state index is -0.137. The first-order chi connectivity index (χ1) is 11.6. The standard InChI is InChI=1S/C18H20N4O2/c1-12(23)22-9-14-8-21(16-7-17(24)20-11-19-16)10-15(14)18(22)13-5-3-2-4-6-13/h2-7,11,14-15,18H,8-10H2,1H3,(H,19,20,24)/t14-,15-,18+/m1/s1. The fourth-order valence-electron chi connectivity index (χ4n) is 4.16. The van der Waals surface area contributed by atoms with Crippen LogP contribution in [0.4, 0.5) is 5.82 Å². The average Bonchev–Trinajstić information content (AvgIpc) is 3.13. The van der Waals surface area contributed by atoms with Crippen molar-refractivity contribution in [3.8, 4) is 0 Å². The molecule has 2 fully saturated rings. The van der Waals surface area contributed by atoms with Crippen LogP contribution in [0.25, 0.3) is 0 Å². The number of amides is 1. The van der Waals surface area contributed by atoms with Crippen LogP contribution >= 0.6 is 0 Å². The van der Waals surface area contributed by atoms with Gasteiger partial charge in [-0.15, -0.1) is 0 Å². The number of nitrogens with one attached hydrogen (secondary N) is 1. The van der Waals surface area contributed by atoms with Crippen molar-refractivity contribution in [1.82, 2.24) is 14.9 Å². The van der Waals surface area contributed by atoms with Crippen molar-refractivity contribution < 1.29 is 4.79 Å². The van der Waals surface area contributed by atoms with Gasteiger partial charge in [0.2, 0.25) is 5.91 Å². The van der Waals surface area contributed by atoms with Crippen molar-refractivity contribution in [3.05, 3.63) is 58.6 Å². The predicted octanol–water partition coefficient (Wildman–Crippen LogP) is 1.43. The van der Waals surface area contributed by atoms with E-state index in [1.807, 2.05) is 23.1 Å². The molecule has 1 aromatic heterocycles. The molecule has 2 aromatic rings. The van der Waals surface area contributed by atoms with Gasteiger partial charge >= 0.3 is 0 Å². The Morgan fingerprint density at radius 3 is 2.71 bits per heavy atom. The molecule has 2 aliphatic heterocycles. The average molecular weight is 324 g/mol. The number of aromatic amines is 1. The molecule has 0 unspecified atom stereocenters. The molecule has 3 atom stereocenters. The van der Waals surface area contributed by atoms with E-state index in [4.69, 9.17) is 0 Å². The summed E-state index contributed by atoms with van der Waals surface area (Å²) in [4.78, 5) is 34.7. The van der Waals surface area contributed by atoms with Gasteiger partial charge in [-0.2, -0.15) is 0 Å². The van der Waals surface area contributed by atoms with E-state index in [9.17, 15) is 9.59 Å². The zero-order chi connectivity index (χ0) is 16.7. The van der Waals surface area contributed by atoms with Crippen LogP contribution in [0.5, 0.6) is 0 Å². The third-order valence-electron chi connectivity index (χ3n) is 5.20. The Morgan fingerprint density at radius 1 is 1.21 bits per heavy atom. The molecule has 0 spiro atoms. The van der Waals surface area contributed by atoms with E-state index in [1.54, 1.807) is 13.0 Å². The highest BCUT2D eigenvalue weighted by molar-refractivity contribution is 5.74. The highest BCUT2D eigenvalue weighted by Gasteiger charge is 2.48. The zero-order valence-corrected chi connectivity index (χ0v) is 13.6. The molecule has 1 amide bonds. The first-order valence-electron chi connectivity index (χ1n) is 8.25. The molecule has 24 heavy (non-hydrogen) atoms. The second kappa shape index (κ2) is 5.78. The second-order valence-electron chi connectivity index (χ2n) is 6.63. The van der Waals surface area contributed by atoms with Crippen LogP contribution in [-0.2, 0) is 4.79 Å². The number of hydrogen-bond donors (Lipinski definition) is 1. The van der Waals surface area contributed by atoms with Crippen molar-refractivity contribution in [1.29, 1.82) is 0 Å². The summed E-state index contributed by atoms with van der Waals surface area (Å²) in [5.41, 5.74) is 1.04. The first kappa shape index (κ1) is 14.9. The largest absolute Gasteiger partial charge is 0.356 e. The molecule has 1 N–H and O–H groups in total. The molecule has 4 rings (SSSR count). The first-order valence-corrected chi connectivity index (χ1v) is 8.25. The topological polar surface area (TPSA) is 69.3 Å². The van der Waals surface area contributed by atoms with Crippen LogP contribution in [0, 0.1) is 11.8 Å². The van der Waals surface area contributed by atoms with E-state index < -0.39 is 0 Å². The van der Waals surface area contributed by atoms with Gasteiger partial charge in [-0.1, -0.05) is 30.3 Å². The molecule has 6 nitrogen and oxygen atoms in total. The number of aromatic nitrogens is 2. The Bertz CT molecular complexity index is 804. The number of carbonyl (C=O) groups is 1. The van der Waals surface area contributed by atoms with Crippen LogP contribution in [0.2, 0.25) is 0 Å². The number of H-pyrrole nitrogens is 1. The van der Waals surface area contributed by atoms with Crippen LogP contribution in [0.1, 0.15) is 18.5 Å². The van der Waals surface area contributed by atoms with Crippen molar-refractivity contribution in [3.63, 3.8) is 0 Å². The van der Waals surface area contributed by atoms with E-state index >= 15 is 0 Å². The minimum Gasteiger partial charge on any atom is -0.356 e. The molecule has 2 aliphatic rings. The fourth-order valence-corrected chi connectivity index (χ4v) is 4.16. The van der Waals surface area contributed by atoms with Crippen LogP contribution in [0.3, 0.4) is 0 Å². The smallest absolute Gasteiger partial charge is 0.252 e. The van der Waals surface area contributed by atoms with Gasteiger partial charge in [0, 0.05) is 44.5 Å². The summed E-state index contributed by atoms with van der Waals surface area (Å²) >= 11 is 0. The highest BCUT2D eigenvalue weighted by atomic mass is 16.2. The Kier molecular flexibility index (Phi) is 3.59. The fraction of sp³-hybridized carbons (Fsp3) is 0.389. The van der Waals surface area contributed by atoms with Crippen molar-refractivity contribution in [2.24, 2.45) is 11.8 Å². The van der Waals surface area contributed by atoms with E-state index in [1.165, 1.54) is 11.9 Å². The van der Waals surface area contributed by atoms with Gasteiger partial charge in [0.25, 0.3) is 5.56 Å². The maximum Gasteiger partial charge on any atom is 0.252 e. The molecule has 2 saturated heterocycles. The predicted molar refractivity (Wildman–Crippen MR) is 90.6 cm³/mol. The number of fused-ring (bicyclic) bond motifs is 1. The molecule has 0 bridgehead atoms. The monoisotopic (exact) mass is 324 g/mol. The number of anilines is 1. The van der Waals surface area contributed by atoms with Gasteiger partial charge < -0.3 is 14.8 Å². The molecule has 1 aromatic carbocycles. The zero-order valence-electron chi connectivity index (χ0n) is 13.6. The Morgan fingerprint density at radius 2 is 2.00 bits per heavy atom. The Labute approximate surface area is 140 Å². The molecular formula is C18H20N4O2. The SMILES string of the molecule is CC(=O)N1C[C@H]2CN(c3cc(=O)[nH]cn3)C[C@H]2[C@@H]1c1ccccc1. The van der Waals surface area contributed by atoms with Crippen molar-refractivity contribution in [2.45, 2.75) is 13.0 Å². The number of carbonyl (C=O) groups excluding carboxylic acids is 1. The van der Waals surface area contributed by atoms with Crippen LogP contribution in [-0.4, -0.2) is 40.4 Å². The number of nitrogens with zero attached hydrogens (tertiary/aromatic N) is 3. The molecule has 3 heterocycles. The number of rotatable bonds is 2. The molecule has 0 radical (unpaired) electrons. The Balaban J connectivity index is 1.64. The van der Waals surface area contributed by atoms with Gasteiger partial charge in [-0.05, 0) is 5.56 Å². The third kappa shape index (κ3) is 2.48. The quantitative estimate of drug-likeness (QED) is 0.907. The van der Waals surface area contributed by atoms with E-state index in [-0.39, 0.29) is 17.5 Å². The summed E-state index contributed by atoms with van der Waals surface area (Å²) in [5, 5.41) is 0. The van der Waals surface area contributed by atoms with Gasteiger partial charge in [0.1, 0.15) is 5.82 Å². The van der Waals surface area contributed by atoms with Crippen LogP contribution < -0.4 is 10.5 Å². The molecular weight excluding hydrogens is 304 g/mol. The molecule has 0 aliphatic carbocycles. The minimum absolute atomic E-state index is 0.0979. The van der Waals surface area contributed by atoms with Gasteiger partial charge in [0.05, 0.1) is 12.4 Å². The lowest BCUT2D eigenvalue weighted by atomic mass is 9.89. The van der Waals surface area contributed by atoms with Gasteiger partial charge in [-0.25, -0.2) is 4.98 Å². The summed E-state index contributed by atoms with van der Waals surface area (Å²) in [6, 6.07) is 11.9. The number of hydrogen-bond acceptors (Lipinski definition) is 4. The summed E-state index contributed by atoms with van der Waals surface area (Å²) in [6.07, 6.45) is 1.45. The summed E-state index contributed by atoms with van der Waals surface area (Å²) in [6.45, 7) is 4.05. The second-order valence-corrected chi connectivity index (χ2v) is 6.63. The molecule has 0 saturated carbocycles. The van der Waals surface area contributed by atoms with Gasteiger partial charge in [-0.3, -0.25) is 9.59 Å². The summed E-state index contributed by atoms with van der Waals surface area (Å²) in [5.74, 6) is 1.60. The van der Waals surface area contributed by atoms with E-state index in [0.717, 1.165) is 19.6 Å².